The molecule has 1 radical (unpaired) electrons. The minimum Gasteiger partial charge on any atom is -0.258 e. The second-order valence-electron chi connectivity index (χ2n) is 2.71. The standard InChI is InChI=1S/C10H6NO2/c12-11(13)10-6-5-8-3-1-2-4-9(8)7-10/h1,3-7H. The van der Waals surface area contributed by atoms with Crippen molar-refractivity contribution in [3.8, 4) is 0 Å². The molecule has 0 atom stereocenters. The normalized spacial score (nSPS) is 10.2. The predicted octanol–water partition coefficient (Wildman–Crippen LogP) is 2.55. The Balaban J connectivity index is 2.69. The van der Waals surface area contributed by atoms with E-state index in [9.17, 15) is 10.1 Å². The summed E-state index contributed by atoms with van der Waals surface area (Å²) in [5, 5.41) is 12.3. The minimum absolute atomic E-state index is 0.118. The molecule has 0 fully saturated rings. The first kappa shape index (κ1) is 7.73. The number of non-ortho nitro benzene ring substituents is 1. The Morgan fingerprint density at radius 2 is 2.08 bits per heavy atom. The number of hydrogen-bond acceptors (Lipinski definition) is 2. The average molecular weight is 172 g/mol. The highest BCUT2D eigenvalue weighted by atomic mass is 16.6. The van der Waals surface area contributed by atoms with E-state index in [0.717, 1.165) is 10.8 Å². The topological polar surface area (TPSA) is 43.1 Å². The molecule has 0 aliphatic rings. The van der Waals surface area contributed by atoms with Crippen LogP contribution in [0.5, 0.6) is 0 Å². The molecular weight excluding hydrogens is 166 g/mol. The van der Waals surface area contributed by atoms with Gasteiger partial charge in [0.15, 0.2) is 0 Å². The first-order valence-electron chi connectivity index (χ1n) is 3.81. The summed E-state index contributed by atoms with van der Waals surface area (Å²) in [6.45, 7) is 0. The molecule has 13 heavy (non-hydrogen) atoms. The largest absolute Gasteiger partial charge is 0.270 e. The number of rotatable bonds is 1. The van der Waals surface area contributed by atoms with Crippen molar-refractivity contribution in [3.63, 3.8) is 0 Å². The highest BCUT2D eigenvalue weighted by molar-refractivity contribution is 5.84. The zero-order chi connectivity index (χ0) is 9.26. The lowest BCUT2D eigenvalue weighted by molar-refractivity contribution is -0.384. The van der Waals surface area contributed by atoms with E-state index < -0.39 is 4.92 Å². The van der Waals surface area contributed by atoms with Gasteiger partial charge in [-0.3, -0.25) is 10.1 Å². The van der Waals surface area contributed by atoms with Crippen LogP contribution in [0.2, 0.25) is 0 Å². The van der Waals surface area contributed by atoms with Crippen LogP contribution < -0.4 is 0 Å². The molecular formula is C10H6NO2. The molecule has 3 heteroatoms. The average Bonchev–Trinajstić information content (AvgIpc) is 2.17. The van der Waals surface area contributed by atoms with Gasteiger partial charge < -0.3 is 0 Å². The molecule has 63 valence electrons. The van der Waals surface area contributed by atoms with Crippen LogP contribution in [0.4, 0.5) is 5.69 Å². The smallest absolute Gasteiger partial charge is 0.258 e. The molecule has 0 amide bonds. The van der Waals surface area contributed by atoms with Gasteiger partial charge >= 0.3 is 0 Å². The van der Waals surface area contributed by atoms with Crippen LogP contribution in [-0.4, -0.2) is 4.92 Å². The van der Waals surface area contributed by atoms with Gasteiger partial charge in [-0.25, -0.2) is 0 Å². The van der Waals surface area contributed by atoms with Crippen molar-refractivity contribution in [1.29, 1.82) is 0 Å². The Bertz CT molecular complexity index is 465. The molecule has 0 heterocycles. The number of hydrogen-bond donors (Lipinski definition) is 0. The molecule has 2 rings (SSSR count). The fourth-order valence-electron chi connectivity index (χ4n) is 1.23. The van der Waals surface area contributed by atoms with Crippen LogP contribution in [0.25, 0.3) is 10.8 Å². The van der Waals surface area contributed by atoms with Gasteiger partial charge in [0.2, 0.25) is 0 Å². The van der Waals surface area contributed by atoms with Crippen molar-refractivity contribution in [3.05, 3.63) is 52.6 Å². The van der Waals surface area contributed by atoms with Crippen LogP contribution in [0.3, 0.4) is 0 Å². The third-order valence-electron chi connectivity index (χ3n) is 1.88. The first-order valence-corrected chi connectivity index (χ1v) is 3.81. The van der Waals surface area contributed by atoms with Gasteiger partial charge in [0.25, 0.3) is 5.69 Å². The molecule has 0 bridgehead atoms. The molecule has 0 saturated carbocycles. The third-order valence-corrected chi connectivity index (χ3v) is 1.88. The minimum atomic E-state index is -0.396. The molecule has 0 spiro atoms. The van der Waals surface area contributed by atoms with E-state index in [-0.39, 0.29) is 5.69 Å². The van der Waals surface area contributed by atoms with E-state index in [1.54, 1.807) is 24.3 Å². The molecule has 0 saturated heterocycles. The van der Waals surface area contributed by atoms with Crippen molar-refractivity contribution in [2.24, 2.45) is 0 Å². The molecule has 3 nitrogen and oxygen atoms in total. The number of nitrogens with zero attached hydrogens (tertiary/aromatic N) is 1. The van der Waals surface area contributed by atoms with Gasteiger partial charge in [-0.1, -0.05) is 12.1 Å². The molecule has 0 aliphatic heterocycles. The second-order valence-corrected chi connectivity index (χ2v) is 2.71. The molecule has 0 unspecified atom stereocenters. The SMILES string of the molecule is O=[N+]([O-])c1ccc2cc[c]cc2c1. The number of fused-ring (bicyclic) bond motifs is 1. The summed E-state index contributed by atoms with van der Waals surface area (Å²) in [7, 11) is 0. The summed E-state index contributed by atoms with van der Waals surface area (Å²) in [6, 6.07) is 13.1. The van der Waals surface area contributed by atoms with Crippen LogP contribution in [0, 0.1) is 16.2 Å². The Hall–Kier alpha value is -1.90. The lowest BCUT2D eigenvalue weighted by atomic mass is 10.1. The van der Waals surface area contributed by atoms with Gasteiger partial charge in [-0.05, 0) is 29.0 Å². The first-order chi connectivity index (χ1) is 6.27. The summed E-state index contributed by atoms with van der Waals surface area (Å²) in [5.41, 5.74) is 0.118. The Morgan fingerprint density at radius 3 is 2.85 bits per heavy atom. The van der Waals surface area contributed by atoms with E-state index in [1.807, 2.05) is 6.07 Å². The van der Waals surface area contributed by atoms with Gasteiger partial charge in [-0.2, -0.15) is 0 Å². The number of benzene rings is 2. The Kier molecular flexibility index (Phi) is 1.70. The van der Waals surface area contributed by atoms with E-state index in [1.165, 1.54) is 6.07 Å². The maximum atomic E-state index is 10.4. The lowest BCUT2D eigenvalue weighted by Crippen LogP contribution is -1.86. The van der Waals surface area contributed by atoms with Crippen molar-refractivity contribution in [1.82, 2.24) is 0 Å². The zero-order valence-electron chi connectivity index (χ0n) is 6.73. The molecule has 0 aliphatic carbocycles. The monoisotopic (exact) mass is 172 g/mol. The van der Waals surface area contributed by atoms with Crippen molar-refractivity contribution in [2.45, 2.75) is 0 Å². The van der Waals surface area contributed by atoms with E-state index in [0.29, 0.717) is 0 Å². The summed E-state index contributed by atoms with van der Waals surface area (Å²) < 4.78 is 0. The van der Waals surface area contributed by atoms with Crippen LogP contribution in [0.1, 0.15) is 0 Å². The van der Waals surface area contributed by atoms with Crippen molar-refractivity contribution in [2.75, 3.05) is 0 Å². The van der Waals surface area contributed by atoms with Gasteiger partial charge in [0, 0.05) is 12.1 Å². The lowest BCUT2D eigenvalue weighted by Gasteiger charge is -1.95. The molecule has 0 N–H and O–H groups in total. The predicted molar refractivity (Wildman–Crippen MR) is 49.4 cm³/mol. The maximum Gasteiger partial charge on any atom is 0.270 e. The van der Waals surface area contributed by atoms with Gasteiger partial charge in [-0.15, -0.1) is 0 Å². The second kappa shape index (κ2) is 2.86. The molecule has 2 aromatic rings. The third kappa shape index (κ3) is 1.36. The van der Waals surface area contributed by atoms with E-state index >= 15 is 0 Å². The Labute approximate surface area is 74.8 Å². The fraction of sp³-hybridized carbons (Fsp3) is 0. The van der Waals surface area contributed by atoms with Crippen LogP contribution >= 0.6 is 0 Å². The van der Waals surface area contributed by atoms with Gasteiger partial charge in [0.05, 0.1) is 4.92 Å². The van der Waals surface area contributed by atoms with Crippen molar-refractivity contribution >= 4 is 16.5 Å². The van der Waals surface area contributed by atoms with Gasteiger partial charge in [0.1, 0.15) is 0 Å². The summed E-state index contributed by atoms with van der Waals surface area (Å²) >= 11 is 0. The number of nitro benzene ring substituents is 1. The number of nitro groups is 1. The highest BCUT2D eigenvalue weighted by Crippen LogP contribution is 2.19. The highest BCUT2D eigenvalue weighted by Gasteiger charge is 2.04. The summed E-state index contributed by atoms with van der Waals surface area (Å²) in [4.78, 5) is 10.0. The van der Waals surface area contributed by atoms with Crippen molar-refractivity contribution < 1.29 is 4.92 Å². The van der Waals surface area contributed by atoms with E-state index in [2.05, 4.69) is 6.07 Å². The summed E-state index contributed by atoms with van der Waals surface area (Å²) in [5.74, 6) is 0. The quantitative estimate of drug-likeness (QED) is 0.490. The Morgan fingerprint density at radius 1 is 1.23 bits per heavy atom. The molecule has 0 aromatic heterocycles. The zero-order valence-corrected chi connectivity index (χ0v) is 6.73. The fourth-order valence-corrected chi connectivity index (χ4v) is 1.23. The van der Waals surface area contributed by atoms with E-state index in [4.69, 9.17) is 0 Å². The van der Waals surface area contributed by atoms with Crippen LogP contribution in [-0.2, 0) is 0 Å². The van der Waals surface area contributed by atoms with Crippen LogP contribution in [0.15, 0.2) is 36.4 Å². The molecule has 2 aromatic carbocycles. The maximum absolute atomic E-state index is 10.4. The summed E-state index contributed by atoms with van der Waals surface area (Å²) in [6.07, 6.45) is 0.